The van der Waals surface area contributed by atoms with Gasteiger partial charge in [-0.15, -0.1) is 0 Å². The van der Waals surface area contributed by atoms with Gasteiger partial charge in [-0.1, -0.05) is 56.7 Å². The Labute approximate surface area is 150 Å². The fourth-order valence-electron chi connectivity index (χ4n) is 2.91. The summed E-state index contributed by atoms with van der Waals surface area (Å²) in [6, 6.07) is 5.10. The van der Waals surface area contributed by atoms with Crippen LogP contribution in [0.15, 0.2) is 47.6 Å². The smallest absolute Gasteiger partial charge is 0.117 e. The third kappa shape index (κ3) is 4.75. The molecule has 0 amide bonds. The predicted molar refractivity (Wildman–Crippen MR) is 102 cm³/mol. The summed E-state index contributed by atoms with van der Waals surface area (Å²) in [7, 11) is 0. The topological polar surface area (TPSA) is 29.5 Å². The van der Waals surface area contributed by atoms with Crippen molar-refractivity contribution in [3.8, 4) is 5.75 Å². The number of hydrogen-bond donors (Lipinski definition) is 1. The van der Waals surface area contributed by atoms with Gasteiger partial charge in [0.2, 0.25) is 0 Å². The van der Waals surface area contributed by atoms with E-state index in [9.17, 15) is 5.11 Å². The molecule has 0 bridgehead atoms. The third-order valence-corrected chi connectivity index (χ3v) is 4.87. The van der Waals surface area contributed by atoms with Gasteiger partial charge in [-0.25, -0.2) is 0 Å². The predicted octanol–water partition coefficient (Wildman–Crippen LogP) is 6.16. The standard InChI is InChI=1S/C21H27ClO2/c1-5-16(12-17-7-8-18(23)13-20(17)22)6-9-21-19(10-11-24-21)15(4)14(2)3/h7-8,10,12-14,21,23H,4-6,9,11H2,1-3H3/b16-12+. The molecule has 0 saturated carbocycles. The summed E-state index contributed by atoms with van der Waals surface area (Å²) in [6.07, 6.45) is 7.31. The average Bonchev–Trinajstić information content (AvgIpc) is 3.00. The SMILES string of the molecule is C=C(C1=CCOC1CC/C(=C/c1ccc(O)cc1Cl)CC)C(C)C. The van der Waals surface area contributed by atoms with Crippen LogP contribution in [0, 0.1) is 5.92 Å². The Kier molecular flexibility index (Phi) is 6.70. The minimum atomic E-state index is 0.144. The van der Waals surface area contributed by atoms with E-state index in [1.807, 2.05) is 6.07 Å². The lowest BCUT2D eigenvalue weighted by Gasteiger charge is -2.19. The lowest BCUT2D eigenvalue weighted by Crippen LogP contribution is -2.13. The van der Waals surface area contributed by atoms with Crippen LogP contribution in [0.25, 0.3) is 6.08 Å². The fraction of sp³-hybridized carbons (Fsp3) is 0.429. The number of aromatic hydroxyl groups is 1. The van der Waals surface area contributed by atoms with E-state index < -0.39 is 0 Å². The highest BCUT2D eigenvalue weighted by Gasteiger charge is 2.23. The monoisotopic (exact) mass is 346 g/mol. The molecule has 1 heterocycles. The van der Waals surface area contributed by atoms with Crippen molar-refractivity contribution in [1.29, 1.82) is 0 Å². The Morgan fingerprint density at radius 1 is 1.46 bits per heavy atom. The van der Waals surface area contributed by atoms with Gasteiger partial charge in [0, 0.05) is 0 Å². The van der Waals surface area contributed by atoms with E-state index in [0.29, 0.717) is 17.5 Å². The van der Waals surface area contributed by atoms with Gasteiger partial charge in [-0.2, -0.15) is 0 Å². The van der Waals surface area contributed by atoms with Gasteiger partial charge in [0.25, 0.3) is 0 Å². The molecular formula is C21H27ClO2. The molecule has 2 nitrogen and oxygen atoms in total. The summed E-state index contributed by atoms with van der Waals surface area (Å²) in [5.41, 5.74) is 4.72. The largest absolute Gasteiger partial charge is 0.508 e. The summed E-state index contributed by atoms with van der Waals surface area (Å²) >= 11 is 6.21. The van der Waals surface area contributed by atoms with E-state index >= 15 is 0 Å². The molecule has 0 spiro atoms. The fourth-order valence-corrected chi connectivity index (χ4v) is 3.14. The molecule has 1 aromatic rings. The zero-order chi connectivity index (χ0) is 17.7. The average molecular weight is 347 g/mol. The molecule has 24 heavy (non-hydrogen) atoms. The van der Waals surface area contributed by atoms with Gasteiger partial charge >= 0.3 is 0 Å². The minimum Gasteiger partial charge on any atom is -0.508 e. The highest BCUT2D eigenvalue weighted by atomic mass is 35.5. The van der Waals surface area contributed by atoms with E-state index in [2.05, 4.69) is 39.5 Å². The summed E-state index contributed by atoms with van der Waals surface area (Å²) in [6.45, 7) is 11.4. The second-order valence-corrected chi connectivity index (χ2v) is 6.97. The Bertz CT molecular complexity index is 656. The number of rotatable bonds is 7. The second-order valence-electron chi connectivity index (χ2n) is 6.56. The number of allylic oxidation sites excluding steroid dienone is 1. The first kappa shape index (κ1) is 18.8. The first-order chi connectivity index (χ1) is 11.4. The molecular weight excluding hydrogens is 320 g/mol. The first-order valence-corrected chi connectivity index (χ1v) is 8.99. The van der Waals surface area contributed by atoms with E-state index in [4.69, 9.17) is 16.3 Å². The van der Waals surface area contributed by atoms with Crippen LogP contribution < -0.4 is 0 Å². The van der Waals surface area contributed by atoms with Gasteiger partial charge in [0.15, 0.2) is 0 Å². The number of benzene rings is 1. The van der Waals surface area contributed by atoms with Crippen LogP contribution in [0.1, 0.15) is 45.6 Å². The van der Waals surface area contributed by atoms with Crippen LogP contribution >= 0.6 is 11.6 Å². The summed E-state index contributed by atoms with van der Waals surface area (Å²) in [5.74, 6) is 0.633. The van der Waals surface area contributed by atoms with Crippen molar-refractivity contribution in [2.75, 3.05) is 6.61 Å². The molecule has 3 heteroatoms. The van der Waals surface area contributed by atoms with Crippen molar-refractivity contribution >= 4 is 17.7 Å². The van der Waals surface area contributed by atoms with Gasteiger partial charge in [-0.05, 0) is 60.1 Å². The molecule has 0 aromatic heterocycles. The van der Waals surface area contributed by atoms with Crippen LogP contribution in [0.2, 0.25) is 5.02 Å². The van der Waals surface area contributed by atoms with Crippen LogP contribution in [-0.4, -0.2) is 17.8 Å². The molecule has 1 unspecified atom stereocenters. The number of phenolic OH excluding ortho intramolecular Hbond substituents is 1. The van der Waals surface area contributed by atoms with E-state index in [1.165, 1.54) is 16.7 Å². The zero-order valence-electron chi connectivity index (χ0n) is 14.8. The Morgan fingerprint density at radius 2 is 2.21 bits per heavy atom. The van der Waals surface area contributed by atoms with Crippen molar-refractivity contribution < 1.29 is 9.84 Å². The normalized spacial score (nSPS) is 18.1. The van der Waals surface area contributed by atoms with Crippen molar-refractivity contribution in [3.05, 3.63) is 58.2 Å². The Hall–Kier alpha value is -1.51. The molecule has 0 saturated heterocycles. The van der Waals surface area contributed by atoms with Crippen LogP contribution in [0.5, 0.6) is 5.75 Å². The molecule has 0 aliphatic carbocycles. The zero-order valence-corrected chi connectivity index (χ0v) is 15.6. The van der Waals surface area contributed by atoms with Crippen LogP contribution in [0.3, 0.4) is 0 Å². The summed E-state index contributed by atoms with van der Waals surface area (Å²) in [4.78, 5) is 0. The molecule has 1 aliphatic rings. The van der Waals surface area contributed by atoms with Crippen LogP contribution in [0.4, 0.5) is 0 Å². The quantitative estimate of drug-likeness (QED) is 0.641. The third-order valence-electron chi connectivity index (χ3n) is 4.54. The van der Waals surface area contributed by atoms with E-state index in [1.54, 1.807) is 12.1 Å². The molecule has 130 valence electrons. The van der Waals surface area contributed by atoms with E-state index in [-0.39, 0.29) is 11.9 Å². The highest BCUT2D eigenvalue weighted by Crippen LogP contribution is 2.31. The van der Waals surface area contributed by atoms with Gasteiger partial charge in [0.1, 0.15) is 5.75 Å². The lowest BCUT2D eigenvalue weighted by molar-refractivity contribution is 0.116. The van der Waals surface area contributed by atoms with Crippen molar-refractivity contribution in [2.45, 2.75) is 46.1 Å². The molecule has 1 aromatic carbocycles. The second kappa shape index (κ2) is 8.55. The number of hydrogen-bond acceptors (Lipinski definition) is 2. The molecule has 0 radical (unpaired) electrons. The summed E-state index contributed by atoms with van der Waals surface area (Å²) < 4.78 is 5.88. The van der Waals surface area contributed by atoms with Crippen molar-refractivity contribution in [2.24, 2.45) is 5.92 Å². The maximum absolute atomic E-state index is 9.47. The number of phenols is 1. The van der Waals surface area contributed by atoms with Crippen LogP contribution in [-0.2, 0) is 4.74 Å². The van der Waals surface area contributed by atoms with Gasteiger partial charge < -0.3 is 9.84 Å². The first-order valence-electron chi connectivity index (χ1n) is 8.61. The Balaban J connectivity index is 2.04. The molecule has 2 rings (SSSR count). The molecule has 1 aliphatic heterocycles. The number of halogens is 1. The highest BCUT2D eigenvalue weighted by molar-refractivity contribution is 6.32. The minimum absolute atomic E-state index is 0.144. The maximum atomic E-state index is 9.47. The van der Waals surface area contributed by atoms with Gasteiger partial charge in [-0.3, -0.25) is 0 Å². The molecule has 0 fully saturated rings. The maximum Gasteiger partial charge on any atom is 0.117 e. The van der Waals surface area contributed by atoms with Gasteiger partial charge in [0.05, 0.1) is 17.7 Å². The van der Waals surface area contributed by atoms with Crippen molar-refractivity contribution in [1.82, 2.24) is 0 Å². The number of ether oxygens (including phenoxy) is 1. The summed E-state index contributed by atoms with van der Waals surface area (Å²) in [5, 5.41) is 10.0. The Morgan fingerprint density at radius 3 is 2.83 bits per heavy atom. The molecule has 1 atom stereocenters. The molecule has 1 N–H and O–H groups in total. The lowest BCUT2D eigenvalue weighted by atomic mass is 9.90. The van der Waals surface area contributed by atoms with E-state index in [0.717, 1.165) is 24.8 Å². The van der Waals surface area contributed by atoms with Crippen molar-refractivity contribution in [3.63, 3.8) is 0 Å².